The van der Waals surface area contributed by atoms with Gasteiger partial charge in [0.15, 0.2) is 0 Å². The fraction of sp³-hybridized carbons (Fsp3) is 0.157. The van der Waals surface area contributed by atoms with E-state index in [1.807, 2.05) is 30.3 Å². The average Bonchev–Trinajstić information content (AvgIpc) is 3.86. The third-order valence-corrected chi connectivity index (χ3v) is 12.4. The van der Waals surface area contributed by atoms with Crippen LogP contribution in [0.1, 0.15) is 63.8 Å². The number of rotatable bonds is 4. The van der Waals surface area contributed by atoms with Gasteiger partial charge in [-0.15, -0.1) is 39.7 Å². The molecule has 54 heavy (non-hydrogen) atoms. The van der Waals surface area contributed by atoms with E-state index in [9.17, 15) is 0 Å². The van der Waals surface area contributed by atoms with Gasteiger partial charge in [0.1, 0.15) is 0 Å². The molecule has 8 aromatic rings. The monoisotopic (exact) mass is 1000 g/mol. The van der Waals surface area contributed by atoms with Crippen LogP contribution in [0.15, 0.2) is 170 Å². The van der Waals surface area contributed by atoms with E-state index >= 15 is 0 Å². The van der Waals surface area contributed by atoms with Crippen LogP contribution >= 0.6 is 45.2 Å². The van der Waals surface area contributed by atoms with Crippen molar-refractivity contribution in [3.63, 3.8) is 0 Å². The summed E-state index contributed by atoms with van der Waals surface area (Å²) in [7, 11) is 0. The molecule has 0 heterocycles. The van der Waals surface area contributed by atoms with Crippen LogP contribution in [-0.2, 0) is 35.1 Å². The summed E-state index contributed by atoms with van der Waals surface area (Å²) >= 11 is 6.13. The van der Waals surface area contributed by atoms with Crippen LogP contribution < -0.4 is 0 Å². The van der Waals surface area contributed by atoms with Crippen molar-refractivity contribution in [3.05, 3.63) is 199 Å². The first-order valence-corrected chi connectivity index (χ1v) is 21.8. The minimum atomic E-state index is 0.0554. The van der Waals surface area contributed by atoms with Crippen molar-refractivity contribution in [2.24, 2.45) is 0 Å². The summed E-state index contributed by atoms with van der Waals surface area (Å²) in [6.07, 6.45) is 0. The first-order valence-electron chi connectivity index (χ1n) is 18.4. The smallest absolute Gasteiger partial charge is 0.172 e. The largest absolute Gasteiger partial charge is 0.214 e. The maximum atomic E-state index is 2.45. The molecule has 0 spiro atoms. The molecule has 0 bridgehead atoms. The zero-order valence-electron chi connectivity index (χ0n) is 31.9. The molecule has 0 nitrogen and oxygen atoms in total. The van der Waals surface area contributed by atoms with Gasteiger partial charge >= 0.3 is 139 Å². The molecular weight excluding hydrogens is 958 g/mol. The molecular formula is C51H46I2Zr. The number of hydrogen-bond donors (Lipinski definition) is 0. The quantitative estimate of drug-likeness (QED) is 0.122. The molecule has 0 radical (unpaired) electrons. The Balaban J connectivity index is 0.000000195. The summed E-state index contributed by atoms with van der Waals surface area (Å²) in [6, 6.07) is 61.2. The molecule has 0 unspecified atom stereocenters. The summed E-state index contributed by atoms with van der Waals surface area (Å²) in [5, 5.41) is 5.36. The summed E-state index contributed by atoms with van der Waals surface area (Å²) in [4.78, 5) is 0. The fourth-order valence-electron chi connectivity index (χ4n) is 6.78. The van der Waals surface area contributed by atoms with Crippen LogP contribution in [0.2, 0.25) is 0 Å². The predicted molar refractivity (Wildman–Crippen MR) is 249 cm³/mol. The summed E-state index contributed by atoms with van der Waals surface area (Å²) in [5.74, 6) is 0. The van der Waals surface area contributed by atoms with Gasteiger partial charge in [0.25, 0.3) is 0 Å². The Morgan fingerprint density at radius 3 is 1.17 bits per heavy atom. The Morgan fingerprint density at radius 2 is 0.852 bits per heavy atom. The Labute approximate surface area is 364 Å². The van der Waals surface area contributed by atoms with Crippen molar-refractivity contribution in [2.45, 2.75) is 52.4 Å². The number of fused-ring (bicyclic) bond motifs is 3. The van der Waals surface area contributed by atoms with Gasteiger partial charge in [-0.25, -0.2) is 12.1 Å². The van der Waals surface area contributed by atoms with Crippen molar-refractivity contribution in [1.29, 1.82) is 0 Å². The molecule has 0 saturated heterocycles. The zero-order valence-corrected chi connectivity index (χ0v) is 38.7. The molecule has 268 valence electrons. The van der Waals surface area contributed by atoms with Crippen LogP contribution in [0.25, 0.3) is 43.8 Å². The summed E-state index contributed by atoms with van der Waals surface area (Å²) < 4.78 is 3.99. The van der Waals surface area contributed by atoms with Gasteiger partial charge in [0.2, 0.25) is 0 Å². The fourth-order valence-corrected chi connectivity index (χ4v) is 8.32. The first kappa shape index (κ1) is 40.4. The van der Waals surface area contributed by atoms with Gasteiger partial charge in [-0.2, -0.15) is 18.2 Å². The SMILES string of the molecule is CC(C)(C)c1cc2c(cc1-c1ccccc1)[cH-]c1cc(-c3ccccc3)c(C(C)(C)C)cc12.[Zr+2]=[C](c1ccc(I)cc1)c1ccc(I)cc1.c1cc[cH-]c1. The molecule has 8 aromatic carbocycles. The van der Waals surface area contributed by atoms with Crippen molar-refractivity contribution in [3.8, 4) is 22.3 Å². The molecule has 0 aliphatic carbocycles. The number of benzene rings is 6. The van der Waals surface area contributed by atoms with Crippen LogP contribution in [-0.4, -0.2) is 3.21 Å². The third kappa shape index (κ3) is 9.94. The normalized spacial score (nSPS) is 11.4. The van der Waals surface area contributed by atoms with Gasteiger partial charge in [0, 0.05) is 0 Å². The van der Waals surface area contributed by atoms with Gasteiger partial charge in [-0.05, 0) is 44.2 Å². The predicted octanol–water partition coefficient (Wildman–Crippen LogP) is 15.1. The molecule has 3 heteroatoms. The van der Waals surface area contributed by atoms with Crippen LogP contribution in [0, 0.1) is 7.14 Å². The van der Waals surface area contributed by atoms with Gasteiger partial charge in [0.05, 0.1) is 0 Å². The minimum absolute atomic E-state index is 0.0554. The second kappa shape index (κ2) is 17.7. The van der Waals surface area contributed by atoms with Gasteiger partial charge in [-0.1, -0.05) is 114 Å². The summed E-state index contributed by atoms with van der Waals surface area (Å²) in [6.45, 7) is 13.9. The molecule has 0 aliphatic heterocycles. The van der Waals surface area contributed by atoms with Crippen LogP contribution in [0.5, 0.6) is 0 Å². The second-order valence-electron chi connectivity index (χ2n) is 15.7. The van der Waals surface area contributed by atoms with E-state index in [0.29, 0.717) is 0 Å². The van der Waals surface area contributed by atoms with Crippen molar-refractivity contribution in [1.82, 2.24) is 0 Å². The molecule has 0 aromatic heterocycles. The van der Waals surface area contributed by atoms with Gasteiger partial charge in [-0.3, -0.25) is 0 Å². The zero-order chi connectivity index (χ0) is 38.5. The van der Waals surface area contributed by atoms with Crippen molar-refractivity contribution < 1.29 is 24.2 Å². The topological polar surface area (TPSA) is 0 Å². The number of halogens is 2. The van der Waals surface area contributed by atoms with Gasteiger partial charge < -0.3 is 0 Å². The Morgan fingerprint density at radius 1 is 0.481 bits per heavy atom. The number of hydrogen-bond acceptors (Lipinski definition) is 0. The average molecular weight is 1000 g/mol. The Hall–Kier alpha value is -3.25. The van der Waals surface area contributed by atoms with E-state index < -0.39 is 0 Å². The third-order valence-electron chi connectivity index (χ3n) is 9.59. The summed E-state index contributed by atoms with van der Waals surface area (Å²) in [5.41, 5.74) is 10.8. The molecule has 8 rings (SSSR count). The van der Waals surface area contributed by atoms with Crippen molar-refractivity contribution >= 4 is 69.9 Å². The molecule has 0 aliphatic rings. The maximum absolute atomic E-state index is 2.45. The van der Waals surface area contributed by atoms with E-state index in [1.165, 1.54) is 101 Å². The van der Waals surface area contributed by atoms with Crippen LogP contribution in [0.4, 0.5) is 0 Å². The maximum Gasteiger partial charge on any atom is -0.172 e. The molecule has 0 saturated carbocycles. The molecule has 0 fully saturated rings. The van der Waals surface area contributed by atoms with E-state index in [0.717, 1.165) is 0 Å². The van der Waals surface area contributed by atoms with E-state index in [4.69, 9.17) is 0 Å². The molecule has 0 N–H and O–H groups in total. The second-order valence-corrected chi connectivity index (χ2v) is 19.4. The van der Waals surface area contributed by atoms with E-state index in [-0.39, 0.29) is 10.8 Å². The van der Waals surface area contributed by atoms with Crippen LogP contribution in [0.3, 0.4) is 0 Å². The molecule has 0 amide bonds. The Bertz CT molecular complexity index is 2260. The Kier molecular flexibility index (Phi) is 13.2. The molecule has 0 atom stereocenters. The first-order chi connectivity index (χ1) is 25.8. The minimum Gasteiger partial charge on any atom is -0.214 e. The van der Waals surface area contributed by atoms with Crippen molar-refractivity contribution in [2.75, 3.05) is 0 Å². The van der Waals surface area contributed by atoms with E-state index in [1.54, 1.807) is 0 Å². The standard InChI is InChI=1S/C33H33.C13H8I2.C5H5.Zr/c1-32(2,3)30-20-26-24(18-28(30)22-13-9-7-10-14-22)17-25-19-29(23-15-11-8-12-16-23)31(21-27(25)26)33(4,5)6;14-12-5-1-10(2-6-12)9-11-3-7-13(15)8-4-11;1-2-4-5-3-1;/h7-21H,1-6H3;1-8H;1-5H;/q-1;;-1;+2. The van der Waals surface area contributed by atoms with E-state index in [2.05, 4.69) is 226 Å².